The van der Waals surface area contributed by atoms with Gasteiger partial charge in [0.05, 0.1) is 16.1 Å². The standard InChI is InChI=1S/C29H32F3N3O4S/c1-21(2)33-28(37)22(3)34(18-17-23-11-6-4-7-12-23)27(36)20-35(40(38,39)26-15-8-5-9-16-26)25-14-10-13-24(19-25)29(30,31)32/h4-16,19,21-22H,17-18,20H2,1-3H3,(H,33,37)/t22-/m1/s1. The number of alkyl halides is 3. The third kappa shape index (κ3) is 7.84. The lowest BCUT2D eigenvalue weighted by Gasteiger charge is -2.32. The number of hydrogen-bond acceptors (Lipinski definition) is 4. The van der Waals surface area contributed by atoms with Gasteiger partial charge in [0, 0.05) is 12.6 Å². The number of sulfonamides is 1. The van der Waals surface area contributed by atoms with Gasteiger partial charge < -0.3 is 10.2 Å². The van der Waals surface area contributed by atoms with Crippen molar-refractivity contribution in [1.82, 2.24) is 10.2 Å². The highest BCUT2D eigenvalue weighted by molar-refractivity contribution is 7.92. The van der Waals surface area contributed by atoms with Gasteiger partial charge in [0.15, 0.2) is 0 Å². The summed E-state index contributed by atoms with van der Waals surface area (Å²) in [6, 6.07) is 19.0. The molecule has 214 valence electrons. The number of rotatable bonds is 11. The summed E-state index contributed by atoms with van der Waals surface area (Å²) in [6.45, 7) is 4.33. The minimum Gasteiger partial charge on any atom is -0.352 e. The third-order valence-corrected chi connectivity index (χ3v) is 7.94. The summed E-state index contributed by atoms with van der Waals surface area (Å²) in [6.07, 6.45) is -4.35. The Kier molecular flexibility index (Phi) is 9.97. The molecule has 7 nitrogen and oxygen atoms in total. The van der Waals surface area contributed by atoms with E-state index in [9.17, 15) is 31.2 Å². The van der Waals surface area contributed by atoms with E-state index in [0.717, 1.165) is 17.7 Å². The molecule has 0 aliphatic heterocycles. The van der Waals surface area contributed by atoms with Crippen molar-refractivity contribution in [1.29, 1.82) is 0 Å². The molecule has 0 bridgehead atoms. The fraction of sp³-hybridized carbons (Fsp3) is 0.310. The molecule has 3 aromatic carbocycles. The van der Waals surface area contributed by atoms with Crippen molar-refractivity contribution in [2.75, 3.05) is 17.4 Å². The Hall–Kier alpha value is -3.86. The van der Waals surface area contributed by atoms with E-state index in [-0.39, 0.29) is 23.2 Å². The number of benzene rings is 3. The predicted molar refractivity (Wildman–Crippen MR) is 147 cm³/mol. The van der Waals surface area contributed by atoms with Gasteiger partial charge in [-0.2, -0.15) is 13.2 Å². The molecule has 0 saturated carbocycles. The highest BCUT2D eigenvalue weighted by Crippen LogP contribution is 2.33. The first-order chi connectivity index (χ1) is 18.8. The normalized spacial score (nSPS) is 12.6. The van der Waals surface area contributed by atoms with Crippen molar-refractivity contribution < 1.29 is 31.2 Å². The lowest BCUT2D eigenvalue weighted by Crippen LogP contribution is -2.53. The number of hydrogen-bond donors (Lipinski definition) is 1. The van der Waals surface area contributed by atoms with Crippen molar-refractivity contribution in [3.8, 4) is 0 Å². The van der Waals surface area contributed by atoms with Crippen LogP contribution in [0.1, 0.15) is 31.9 Å². The maximum Gasteiger partial charge on any atom is 0.416 e. The van der Waals surface area contributed by atoms with E-state index in [4.69, 9.17) is 0 Å². The Balaban J connectivity index is 2.03. The van der Waals surface area contributed by atoms with Gasteiger partial charge in [0.1, 0.15) is 12.6 Å². The zero-order chi connectivity index (χ0) is 29.5. The minimum absolute atomic E-state index is 0.0807. The summed E-state index contributed by atoms with van der Waals surface area (Å²) >= 11 is 0. The van der Waals surface area contributed by atoms with Crippen LogP contribution in [0.4, 0.5) is 18.9 Å². The molecule has 0 unspecified atom stereocenters. The summed E-state index contributed by atoms with van der Waals surface area (Å²) < 4.78 is 68.5. The highest BCUT2D eigenvalue weighted by atomic mass is 32.2. The summed E-state index contributed by atoms with van der Waals surface area (Å²) in [5.41, 5.74) is -0.492. The number of nitrogens with zero attached hydrogens (tertiary/aromatic N) is 2. The maximum atomic E-state index is 13.8. The maximum absolute atomic E-state index is 13.8. The predicted octanol–water partition coefficient (Wildman–Crippen LogP) is 4.89. The lowest BCUT2D eigenvalue weighted by atomic mass is 10.1. The van der Waals surface area contributed by atoms with Gasteiger partial charge in [-0.3, -0.25) is 13.9 Å². The first kappa shape index (κ1) is 30.7. The van der Waals surface area contributed by atoms with Crippen LogP contribution in [0.2, 0.25) is 0 Å². The van der Waals surface area contributed by atoms with Gasteiger partial charge in [-0.15, -0.1) is 0 Å². The van der Waals surface area contributed by atoms with Gasteiger partial charge in [0.2, 0.25) is 11.8 Å². The molecule has 2 amide bonds. The van der Waals surface area contributed by atoms with Crippen molar-refractivity contribution in [2.45, 2.75) is 50.3 Å². The average Bonchev–Trinajstić information content (AvgIpc) is 2.92. The van der Waals surface area contributed by atoms with Crippen LogP contribution in [0.3, 0.4) is 0 Å². The van der Waals surface area contributed by atoms with Crippen LogP contribution in [-0.4, -0.2) is 50.3 Å². The Morgan fingerprint density at radius 2 is 1.48 bits per heavy atom. The highest BCUT2D eigenvalue weighted by Gasteiger charge is 2.35. The van der Waals surface area contributed by atoms with Crippen molar-refractivity contribution in [3.05, 3.63) is 96.1 Å². The van der Waals surface area contributed by atoms with Crippen LogP contribution in [0.5, 0.6) is 0 Å². The van der Waals surface area contributed by atoms with Gasteiger partial charge in [-0.25, -0.2) is 8.42 Å². The molecular weight excluding hydrogens is 543 g/mol. The molecule has 40 heavy (non-hydrogen) atoms. The zero-order valence-corrected chi connectivity index (χ0v) is 23.2. The SMILES string of the molecule is CC(C)NC(=O)[C@@H](C)N(CCc1ccccc1)C(=O)CN(c1cccc(C(F)(F)F)c1)S(=O)(=O)c1ccccc1. The Morgan fingerprint density at radius 1 is 0.875 bits per heavy atom. The molecule has 0 aliphatic rings. The number of amides is 2. The third-order valence-electron chi connectivity index (χ3n) is 6.15. The molecule has 0 aliphatic carbocycles. The summed E-state index contributed by atoms with van der Waals surface area (Å²) in [5, 5.41) is 2.75. The molecule has 1 N–H and O–H groups in total. The summed E-state index contributed by atoms with van der Waals surface area (Å²) in [5.74, 6) is -1.17. The Morgan fingerprint density at radius 3 is 2.05 bits per heavy atom. The summed E-state index contributed by atoms with van der Waals surface area (Å²) in [4.78, 5) is 27.7. The molecule has 3 aromatic rings. The van der Waals surface area contributed by atoms with E-state index in [1.165, 1.54) is 42.2 Å². The van der Waals surface area contributed by atoms with Crippen LogP contribution in [0.15, 0.2) is 89.8 Å². The quantitative estimate of drug-likeness (QED) is 0.353. The van der Waals surface area contributed by atoms with E-state index in [0.29, 0.717) is 16.8 Å². The van der Waals surface area contributed by atoms with Crippen molar-refractivity contribution in [3.63, 3.8) is 0 Å². The van der Waals surface area contributed by atoms with E-state index in [2.05, 4.69) is 5.32 Å². The van der Waals surface area contributed by atoms with Gasteiger partial charge in [0.25, 0.3) is 10.0 Å². The van der Waals surface area contributed by atoms with Gasteiger partial charge in [-0.05, 0) is 63.1 Å². The lowest BCUT2D eigenvalue weighted by molar-refractivity contribution is -0.139. The average molecular weight is 576 g/mol. The van der Waals surface area contributed by atoms with Crippen LogP contribution in [0, 0.1) is 0 Å². The van der Waals surface area contributed by atoms with E-state index >= 15 is 0 Å². The van der Waals surface area contributed by atoms with Crippen LogP contribution >= 0.6 is 0 Å². The van der Waals surface area contributed by atoms with E-state index in [1.807, 2.05) is 30.3 Å². The largest absolute Gasteiger partial charge is 0.416 e. The zero-order valence-electron chi connectivity index (χ0n) is 22.4. The second-order valence-corrected chi connectivity index (χ2v) is 11.4. The molecule has 1 atom stereocenters. The number of nitrogens with one attached hydrogen (secondary N) is 1. The molecule has 0 radical (unpaired) electrons. The van der Waals surface area contributed by atoms with Crippen LogP contribution < -0.4 is 9.62 Å². The van der Waals surface area contributed by atoms with Crippen molar-refractivity contribution in [2.24, 2.45) is 0 Å². The Labute approximate surface area is 232 Å². The molecular formula is C29H32F3N3O4S. The fourth-order valence-corrected chi connectivity index (χ4v) is 5.49. The number of carbonyl (C=O) groups is 2. The number of anilines is 1. The molecule has 0 aromatic heterocycles. The topological polar surface area (TPSA) is 86.8 Å². The number of carbonyl (C=O) groups excluding carboxylic acids is 2. The number of halogens is 3. The summed E-state index contributed by atoms with van der Waals surface area (Å²) in [7, 11) is -4.46. The molecule has 0 fully saturated rings. The first-order valence-corrected chi connectivity index (χ1v) is 14.1. The molecule has 3 rings (SSSR count). The van der Waals surface area contributed by atoms with E-state index in [1.54, 1.807) is 19.9 Å². The first-order valence-electron chi connectivity index (χ1n) is 12.7. The Bertz CT molecular complexity index is 1400. The van der Waals surface area contributed by atoms with Crippen LogP contribution in [-0.2, 0) is 32.2 Å². The molecule has 11 heteroatoms. The molecule has 0 saturated heterocycles. The molecule has 0 spiro atoms. The van der Waals surface area contributed by atoms with Gasteiger partial charge >= 0.3 is 6.18 Å². The van der Waals surface area contributed by atoms with Crippen molar-refractivity contribution >= 4 is 27.5 Å². The smallest absolute Gasteiger partial charge is 0.352 e. The van der Waals surface area contributed by atoms with E-state index < -0.39 is 46.2 Å². The minimum atomic E-state index is -4.73. The molecule has 0 heterocycles. The fourth-order valence-electron chi connectivity index (χ4n) is 4.06. The van der Waals surface area contributed by atoms with Gasteiger partial charge in [-0.1, -0.05) is 54.6 Å². The second-order valence-electron chi connectivity index (χ2n) is 9.53. The second kappa shape index (κ2) is 13.0. The van der Waals surface area contributed by atoms with Crippen LogP contribution in [0.25, 0.3) is 0 Å². The monoisotopic (exact) mass is 575 g/mol.